The molecule has 0 radical (unpaired) electrons. The summed E-state index contributed by atoms with van der Waals surface area (Å²) in [6.07, 6.45) is 23.0. The quantitative estimate of drug-likeness (QED) is 0.0236. The molecule has 0 spiro atoms. The molecular formula is C88H128N2O15S2Si2. The normalized spacial score (nSPS) is 24.8. The minimum absolute atomic E-state index is 0.00153. The lowest BCUT2D eigenvalue weighted by atomic mass is 9.85. The first-order valence-corrected chi connectivity index (χ1v) is 49.1. The van der Waals surface area contributed by atoms with Gasteiger partial charge in [0.2, 0.25) is 31.9 Å². The Kier molecular flexibility index (Phi) is 32.0. The minimum Gasteiger partial charge on any atom is -0.489 e. The number of aliphatic hydroxyl groups is 2. The molecule has 3 aromatic rings. The van der Waals surface area contributed by atoms with E-state index in [2.05, 4.69) is 192 Å². The smallest absolute Gasteiger partial charge is 0.303 e. The molecule has 0 aromatic heterocycles. The number of fused-ring (bicyclic) bond motifs is 9. The van der Waals surface area contributed by atoms with E-state index in [0.717, 1.165) is 84.1 Å². The Morgan fingerprint density at radius 1 is 0.532 bits per heavy atom. The summed E-state index contributed by atoms with van der Waals surface area (Å²) in [5, 5.41) is 30.4. The average Bonchev–Trinajstić information content (AvgIpc) is 1.60. The number of ether oxygens (including phenoxy) is 3. The third-order valence-electron chi connectivity index (χ3n) is 24.0. The number of aliphatic hydroxyl groups excluding tert-OH is 2. The van der Waals surface area contributed by atoms with Gasteiger partial charge in [0.05, 0.1) is 36.9 Å². The molecule has 17 nitrogen and oxygen atoms in total. The van der Waals surface area contributed by atoms with Crippen molar-refractivity contribution in [1.29, 1.82) is 0 Å². The largest absolute Gasteiger partial charge is 0.489 e. The Morgan fingerprint density at radius 3 is 1.20 bits per heavy atom. The molecule has 5 N–H and O–H groups in total. The van der Waals surface area contributed by atoms with Crippen molar-refractivity contribution in [2.75, 3.05) is 12.5 Å². The van der Waals surface area contributed by atoms with Crippen molar-refractivity contribution in [1.82, 2.24) is 9.44 Å². The Bertz CT molecular complexity index is 4160. The predicted octanol–water partition coefficient (Wildman–Crippen LogP) is 16.4. The number of carboxylic acids is 1. The Morgan fingerprint density at radius 2 is 0.862 bits per heavy atom. The van der Waals surface area contributed by atoms with E-state index in [1.54, 1.807) is 13.0 Å². The molecule has 600 valence electrons. The molecule has 3 aliphatic heterocycles. The molecule has 0 unspecified atom stereocenters. The fourth-order valence-electron chi connectivity index (χ4n) is 15.3. The number of sulfonamides is 2. The van der Waals surface area contributed by atoms with Crippen LogP contribution in [0.1, 0.15) is 225 Å². The summed E-state index contributed by atoms with van der Waals surface area (Å²) >= 11 is 0. The number of rotatable bonds is 30. The van der Waals surface area contributed by atoms with Gasteiger partial charge in [-0.3, -0.25) is 23.8 Å². The van der Waals surface area contributed by atoms with Crippen LogP contribution in [0.25, 0.3) is 0 Å². The maximum atomic E-state index is 12.0. The highest BCUT2D eigenvalue weighted by Crippen LogP contribution is 2.57. The number of amides is 2. The van der Waals surface area contributed by atoms with Crippen molar-refractivity contribution in [3.63, 3.8) is 0 Å². The lowest BCUT2D eigenvalue weighted by molar-refractivity contribution is -0.137. The van der Waals surface area contributed by atoms with E-state index >= 15 is 0 Å². The second kappa shape index (κ2) is 38.9. The SMILES string of the molecule is CC#CC[C@H](C)[C@H](C)/C=C/[C@@H]1[C@H]2c3cccc(CCCC(=O)NS(C)(=O)=O)c3O[C@H]2C[C@H]1O[Si](C)(C)C(C)(C)C.CC#CC[C@H](C)[C@H](C)/C=C/[C@@H]1[C@H]2c3cccc(CCCC(=O)O)c3O[C@H]2C[C@H]1O[Si](C)(C)C(C)(C)C.CC#CC[C@H](C)[C@H](O)/C=C/[C@@H]1[C@H]2c3cccc(CCCC(=O)NS(C)(=O)=O)c3O[C@H]2C[C@H]1O. The van der Waals surface area contributed by atoms with E-state index in [0.29, 0.717) is 68.6 Å². The first-order valence-electron chi connectivity index (χ1n) is 39.5. The molecule has 3 heterocycles. The monoisotopic (exact) mass is 1570 g/mol. The molecule has 9 rings (SSSR count). The van der Waals surface area contributed by atoms with E-state index in [-0.39, 0.29) is 101 Å². The molecule has 3 aliphatic carbocycles. The molecule has 109 heavy (non-hydrogen) atoms. The molecule has 3 aromatic carbocycles. The van der Waals surface area contributed by atoms with Gasteiger partial charge >= 0.3 is 5.97 Å². The van der Waals surface area contributed by atoms with Crippen LogP contribution in [-0.2, 0) is 62.5 Å². The van der Waals surface area contributed by atoms with Crippen LogP contribution < -0.4 is 23.7 Å². The maximum absolute atomic E-state index is 12.0. The molecule has 21 heteroatoms. The van der Waals surface area contributed by atoms with Crippen LogP contribution in [0.4, 0.5) is 0 Å². The van der Waals surface area contributed by atoms with Crippen LogP contribution in [0.5, 0.6) is 17.2 Å². The Balaban J connectivity index is 0.000000229. The van der Waals surface area contributed by atoms with Crippen LogP contribution in [0.15, 0.2) is 91.1 Å². The number of aryl methyl sites for hydroxylation is 3. The summed E-state index contributed by atoms with van der Waals surface area (Å²) < 4.78 is 82.7. The number of benzene rings is 3. The molecule has 3 saturated carbocycles. The second-order valence-electron chi connectivity index (χ2n) is 34.6. The third kappa shape index (κ3) is 24.5. The van der Waals surface area contributed by atoms with Crippen molar-refractivity contribution in [2.24, 2.45) is 47.3 Å². The van der Waals surface area contributed by atoms with E-state index in [1.807, 2.05) is 54.5 Å². The summed E-state index contributed by atoms with van der Waals surface area (Å²) in [4.78, 5) is 34.8. The first-order chi connectivity index (χ1) is 51.0. The van der Waals surface area contributed by atoms with Gasteiger partial charge in [-0.2, -0.15) is 0 Å². The number of hydrogen-bond acceptors (Lipinski definition) is 14. The summed E-state index contributed by atoms with van der Waals surface area (Å²) in [5.74, 6) is 21.9. The summed E-state index contributed by atoms with van der Waals surface area (Å²) in [7, 11) is -11.0. The van der Waals surface area contributed by atoms with Crippen molar-refractivity contribution in [2.45, 2.75) is 290 Å². The molecule has 2 amide bonds. The number of aliphatic carboxylic acids is 1. The van der Waals surface area contributed by atoms with Gasteiger partial charge in [-0.25, -0.2) is 16.8 Å². The van der Waals surface area contributed by atoms with Crippen molar-refractivity contribution < 1.29 is 69.6 Å². The standard InChI is InChI=1S/C32H49NO5SSi.C31H46O4Si.C25H33NO6S/c1-10-11-14-22(2)23(3)19-20-25-27(38-40(8,9)32(4,5)6)21-28-30(25)26-17-12-15-24(31(26)37-28)16-13-18-29(34)33-39(7,35)36;1-9-10-13-21(2)22(3)18-19-24-26(35-36(7,8)31(4,5)6)20-27-29(24)25-16-11-14-23(30(25)34-27)15-12-17-28(32)33;1-4-5-8-16(2)20(27)14-13-18-21(28)15-22-24(18)19-11-6-9-17(25(19)32-22)10-7-12-23(29)26-33(3,30)31/h12,15,17,19-20,22-23,25,27-28,30H,13-14,16,18,21H2,1-9H3,(H,33,34);11,14,16,18-19,21-22,24,26-27,29H,12-13,15,17,20H2,1-8H3,(H,32,33);6,9,11,13-14,16,18,20-22,24,27-28H,7-8,10,12,15H2,1-3H3,(H,26,29)/b20-19+;19-18+;14-13+/t22-,23+,25-,27+,28-,30-;21-,22+,24-,26+,27-,29-;16-,18-,20+,21+,22-,24-/m000/s1. The Hall–Kier alpha value is -6.46. The van der Waals surface area contributed by atoms with Crippen LogP contribution in [0.3, 0.4) is 0 Å². The van der Waals surface area contributed by atoms with Gasteiger partial charge in [0.1, 0.15) is 35.6 Å². The second-order valence-corrected chi connectivity index (χ2v) is 47.6. The summed E-state index contributed by atoms with van der Waals surface area (Å²) in [6.45, 7) is 39.7. The molecule has 18 atom stereocenters. The van der Waals surface area contributed by atoms with Crippen LogP contribution in [-0.4, -0.2) is 122 Å². The van der Waals surface area contributed by atoms with Crippen molar-refractivity contribution in [3.8, 4) is 52.8 Å². The minimum atomic E-state index is -3.55. The van der Waals surface area contributed by atoms with Crippen molar-refractivity contribution >= 4 is 54.5 Å². The molecule has 0 saturated heterocycles. The summed E-state index contributed by atoms with van der Waals surface area (Å²) in [5.41, 5.74) is 6.69. The number of carbonyl (C=O) groups excluding carboxylic acids is 2. The number of allylic oxidation sites excluding steroid dienone is 2. The fraction of sp³-hybridized carbons (Fsp3) is 0.625. The predicted molar refractivity (Wildman–Crippen MR) is 441 cm³/mol. The van der Waals surface area contributed by atoms with E-state index < -0.39 is 66.7 Å². The maximum Gasteiger partial charge on any atom is 0.303 e. The lowest BCUT2D eigenvalue weighted by Crippen LogP contribution is -2.45. The van der Waals surface area contributed by atoms with E-state index in [1.165, 1.54) is 11.1 Å². The zero-order chi connectivity index (χ0) is 80.7. The zero-order valence-electron chi connectivity index (χ0n) is 68.7. The fourth-order valence-corrected chi connectivity index (χ4v) is 19.1. The highest BCUT2D eigenvalue weighted by molar-refractivity contribution is 7.89. The number of nitrogens with one attached hydrogen (secondary N) is 2. The van der Waals surface area contributed by atoms with Gasteiger partial charge in [0.25, 0.3) is 0 Å². The van der Waals surface area contributed by atoms with Gasteiger partial charge < -0.3 is 38.4 Å². The highest BCUT2D eigenvalue weighted by Gasteiger charge is 2.55. The van der Waals surface area contributed by atoms with Crippen LogP contribution in [0, 0.1) is 82.9 Å². The third-order valence-corrected chi connectivity index (χ3v) is 34.2. The first kappa shape index (κ1) is 89.7. The van der Waals surface area contributed by atoms with Gasteiger partial charge in [-0.15, -0.1) is 35.5 Å². The van der Waals surface area contributed by atoms with E-state index in [9.17, 15) is 41.4 Å². The van der Waals surface area contributed by atoms with Crippen LogP contribution in [0.2, 0.25) is 36.3 Å². The van der Waals surface area contributed by atoms with Gasteiger partial charge in [0, 0.05) is 110 Å². The number of carboxylic acid groups (broad SMARTS) is 1. The lowest BCUT2D eigenvalue weighted by Gasteiger charge is -2.40. The number of carbonyl (C=O) groups is 3. The topological polar surface area (TPSA) is 250 Å². The molecule has 3 fully saturated rings. The Labute approximate surface area is 656 Å². The van der Waals surface area contributed by atoms with Crippen molar-refractivity contribution in [3.05, 3.63) is 124 Å². The van der Waals surface area contributed by atoms with E-state index in [4.69, 9.17) is 28.2 Å². The molecule has 0 bridgehead atoms. The molecular weight excluding hydrogens is 1450 g/mol. The zero-order valence-corrected chi connectivity index (χ0v) is 72.3. The number of para-hydroxylation sites is 3. The van der Waals surface area contributed by atoms with Crippen LogP contribution >= 0.6 is 0 Å². The van der Waals surface area contributed by atoms with Gasteiger partial charge in [-0.05, 0) is 142 Å². The summed E-state index contributed by atoms with van der Waals surface area (Å²) in [6, 6.07) is 18.6. The number of hydrogen-bond donors (Lipinski definition) is 5. The average molecular weight is 1570 g/mol. The van der Waals surface area contributed by atoms with Gasteiger partial charge in [0.15, 0.2) is 16.6 Å². The molecule has 6 aliphatic rings. The van der Waals surface area contributed by atoms with Gasteiger partial charge in [-0.1, -0.05) is 167 Å². The highest BCUT2D eigenvalue weighted by atomic mass is 32.2.